The predicted octanol–water partition coefficient (Wildman–Crippen LogP) is 3.26. The van der Waals surface area contributed by atoms with Crippen LogP contribution in [0.4, 0.5) is 0 Å². The molecule has 112 valence electrons. The van der Waals surface area contributed by atoms with Gasteiger partial charge in [-0.05, 0) is 50.3 Å². The molecule has 0 atom stereocenters. The van der Waals surface area contributed by atoms with E-state index in [1.54, 1.807) is 0 Å². The minimum atomic E-state index is 0.435. The highest BCUT2D eigenvalue weighted by molar-refractivity contribution is 5.41. The molecule has 3 rings (SSSR count). The monoisotopic (exact) mass is 284 g/mol. The molecule has 0 bridgehead atoms. The van der Waals surface area contributed by atoms with Crippen LogP contribution in [0.3, 0.4) is 0 Å². The maximum absolute atomic E-state index is 4.74. The fourth-order valence-electron chi connectivity index (χ4n) is 2.55. The normalized spacial score (nSPS) is 14.9. The van der Waals surface area contributed by atoms with Crippen LogP contribution in [0.15, 0.2) is 18.3 Å². The molecule has 1 aliphatic carbocycles. The van der Waals surface area contributed by atoms with E-state index in [0.29, 0.717) is 12.0 Å². The van der Waals surface area contributed by atoms with Gasteiger partial charge in [0.15, 0.2) is 5.82 Å². The van der Waals surface area contributed by atoms with Gasteiger partial charge in [0.05, 0.1) is 5.69 Å². The van der Waals surface area contributed by atoms with Gasteiger partial charge in [-0.3, -0.25) is 0 Å². The Labute approximate surface area is 126 Å². The van der Waals surface area contributed by atoms with Crippen LogP contribution in [0.25, 0.3) is 5.82 Å². The summed E-state index contributed by atoms with van der Waals surface area (Å²) in [5.74, 6) is 1.40. The first-order chi connectivity index (χ1) is 10.0. The molecule has 1 aliphatic rings. The molecule has 0 spiro atoms. The Morgan fingerprint density at radius 1 is 1.33 bits per heavy atom. The third kappa shape index (κ3) is 3.16. The molecule has 4 heteroatoms. The van der Waals surface area contributed by atoms with E-state index in [1.165, 1.54) is 24.0 Å². The first kappa shape index (κ1) is 14.3. The summed E-state index contributed by atoms with van der Waals surface area (Å²) in [5, 5.41) is 8.28. The van der Waals surface area contributed by atoms with Crippen LogP contribution >= 0.6 is 0 Å². The molecule has 2 heterocycles. The lowest BCUT2D eigenvalue weighted by molar-refractivity contribution is 0.669. The fourth-order valence-corrected chi connectivity index (χ4v) is 2.55. The number of aryl methyl sites for hydroxylation is 2. The maximum atomic E-state index is 4.74. The molecule has 0 unspecified atom stereocenters. The largest absolute Gasteiger partial charge is 0.310 e. The number of aromatic nitrogens is 3. The second-order valence-electron chi connectivity index (χ2n) is 6.38. The van der Waals surface area contributed by atoms with Gasteiger partial charge in [0.1, 0.15) is 0 Å². The summed E-state index contributed by atoms with van der Waals surface area (Å²) >= 11 is 0. The van der Waals surface area contributed by atoms with Crippen LogP contribution in [0, 0.1) is 13.8 Å². The van der Waals surface area contributed by atoms with Crippen LogP contribution in [-0.2, 0) is 6.54 Å². The van der Waals surface area contributed by atoms with Crippen LogP contribution in [0.5, 0.6) is 0 Å². The molecule has 2 aromatic heterocycles. The van der Waals surface area contributed by atoms with E-state index in [9.17, 15) is 0 Å². The number of rotatable bonds is 5. The van der Waals surface area contributed by atoms with E-state index in [1.807, 2.05) is 17.8 Å². The zero-order valence-corrected chi connectivity index (χ0v) is 13.3. The maximum Gasteiger partial charge on any atom is 0.158 e. The Balaban J connectivity index is 1.97. The third-order valence-electron chi connectivity index (χ3n) is 4.02. The lowest BCUT2D eigenvalue weighted by atomic mass is 10.1. The van der Waals surface area contributed by atoms with Gasteiger partial charge in [0, 0.05) is 30.0 Å². The van der Waals surface area contributed by atoms with Crippen molar-refractivity contribution in [3.05, 3.63) is 40.8 Å². The summed E-state index contributed by atoms with van der Waals surface area (Å²) in [6, 6.07) is 4.94. The molecule has 1 fully saturated rings. The molecule has 4 nitrogen and oxygen atoms in total. The quantitative estimate of drug-likeness (QED) is 0.916. The summed E-state index contributed by atoms with van der Waals surface area (Å²) in [7, 11) is 0. The van der Waals surface area contributed by atoms with Gasteiger partial charge in [0.2, 0.25) is 0 Å². The van der Waals surface area contributed by atoms with Crippen molar-refractivity contribution >= 4 is 0 Å². The van der Waals surface area contributed by atoms with E-state index >= 15 is 0 Å². The van der Waals surface area contributed by atoms with Gasteiger partial charge in [0.25, 0.3) is 0 Å². The summed E-state index contributed by atoms with van der Waals surface area (Å²) < 4.78 is 1.93. The van der Waals surface area contributed by atoms with Crippen molar-refractivity contribution < 1.29 is 0 Å². The van der Waals surface area contributed by atoms with E-state index in [0.717, 1.165) is 23.8 Å². The lowest BCUT2D eigenvalue weighted by Crippen LogP contribution is -2.19. The topological polar surface area (TPSA) is 42.7 Å². The summed E-state index contributed by atoms with van der Waals surface area (Å²) in [5.41, 5.74) is 4.69. The fraction of sp³-hybridized carbons (Fsp3) is 0.529. The molecule has 1 saturated carbocycles. The molecule has 21 heavy (non-hydrogen) atoms. The number of nitrogens with zero attached hydrogens (tertiary/aromatic N) is 3. The zero-order valence-electron chi connectivity index (χ0n) is 13.3. The Morgan fingerprint density at radius 3 is 2.71 bits per heavy atom. The smallest absolute Gasteiger partial charge is 0.158 e. The van der Waals surface area contributed by atoms with Crippen molar-refractivity contribution in [3.8, 4) is 5.82 Å². The van der Waals surface area contributed by atoms with Gasteiger partial charge < -0.3 is 5.32 Å². The van der Waals surface area contributed by atoms with Crippen molar-refractivity contribution in [1.29, 1.82) is 0 Å². The Bertz CT molecular complexity index is 638. The molecule has 0 aliphatic heterocycles. The van der Waals surface area contributed by atoms with Crippen LogP contribution in [0.2, 0.25) is 0 Å². The van der Waals surface area contributed by atoms with E-state index in [2.05, 4.69) is 38.2 Å². The lowest BCUT2D eigenvalue weighted by Gasteiger charge is -2.14. The van der Waals surface area contributed by atoms with Gasteiger partial charge >= 0.3 is 0 Å². The van der Waals surface area contributed by atoms with Crippen molar-refractivity contribution in [2.45, 2.75) is 59.0 Å². The number of hydrogen-bond acceptors (Lipinski definition) is 3. The second-order valence-corrected chi connectivity index (χ2v) is 6.38. The van der Waals surface area contributed by atoms with Crippen molar-refractivity contribution in [2.75, 3.05) is 0 Å². The van der Waals surface area contributed by atoms with Crippen LogP contribution < -0.4 is 5.32 Å². The first-order valence-electron chi connectivity index (χ1n) is 7.81. The zero-order chi connectivity index (χ0) is 15.0. The predicted molar refractivity (Wildman–Crippen MR) is 84.8 cm³/mol. The Kier molecular flexibility index (Phi) is 3.81. The van der Waals surface area contributed by atoms with Gasteiger partial charge in [-0.25, -0.2) is 9.67 Å². The Hall–Kier alpha value is -1.68. The number of hydrogen-bond donors (Lipinski definition) is 1. The SMILES string of the molecule is Cc1cc(C)c(CNC2CC2)c(-n2ccc(C(C)C)n2)n1. The highest BCUT2D eigenvalue weighted by atomic mass is 15.3. The molecule has 0 aromatic carbocycles. The molecular weight excluding hydrogens is 260 g/mol. The number of pyridine rings is 1. The highest BCUT2D eigenvalue weighted by Crippen LogP contribution is 2.23. The molecule has 0 amide bonds. The minimum Gasteiger partial charge on any atom is -0.310 e. The molecular formula is C17H24N4. The van der Waals surface area contributed by atoms with Crippen LogP contribution in [-0.4, -0.2) is 20.8 Å². The number of nitrogens with one attached hydrogen (secondary N) is 1. The second kappa shape index (κ2) is 5.60. The van der Waals surface area contributed by atoms with E-state index in [-0.39, 0.29) is 0 Å². The van der Waals surface area contributed by atoms with E-state index < -0.39 is 0 Å². The molecule has 2 aromatic rings. The standard InChI is InChI=1S/C17H24N4/c1-11(2)16-7-8-21(20-16)17-15(10-18-14-5-6-14)12(3)9-13(4)19-17/h7-9,11,14,18H,5-6,10H2,1-4H3. The summed E-state index contributed by atoms with van der Waals surface area (Å²) in [6.45, 7) is 9.40. The van der Waals surface area contributed by atoms with Gasteiger partial charge in [-0.1, -0.05) is 13.8 Å². The first-order valence-corrected chi connectivity index (χ1v) is 7.81. The average molecular weight is 284 g/mol. The molecule has 0 saturated heterocycles. The minimum absolute atomic E-state index is 0.435. The highest BCUT2D eigenvalue weighted by Gasteiger charge is 2.22. The summed E-state index contributed by atoms with van der Waals surface area (Å²) in [6.07, 6.45) is 4.62. The van der Waals surface area contributed by atoms with Crippen LogP contribution in [0.1, 0.15) is 55.1 Å². The third-order valence-corrected chi connectivity index (χ3v) is 4.02. The molecule has 0 radical (unpaired) electrons. The summed E-state index contributed by atoms with van der Waals surface area (Å²) in [4.78, 5) is 4.74. The van der Waals surface area contributed by atoms with Crippen molar-refractivity contribution in [3.63, 3.8) is 0 Å². The average Bonchev–Trinajstić information content (AvgIpc) is 3.11. The molecule has 1 N–H and O–H groups in total. The van der Waals surface area contributed by atoms with Crippen molar-refractivity contribution in [1.82, 2.24) is 20.1 Å². The van der Waals surface area contributed by atoms with Crippen molar-refractivity contribution in [2.24, 2.45) is 0 Å². The van der Waals surface area contributed by atoms with Gasteiger partial charge in [-0.2, -0.15) is 5.10 Å². The van der Waals surface area contributed by atoms with E-state index in [4.69, 9.17) is 10.1 Å². The van der Waals surface area contributed by atoms with Gasteiger partial charge in [-0.15, -0.1) is 0 Å². The Morgan fingerprint density at radius 2 is 2.10 bits per heavy atom.